The van der Waals surface area contributed by atoms with Crippen LogP contribution in [0.15, 0.2) is 24.3 Å². The molecule has 0 aliphatic carbocycles. The minimum absolute atomic E-state index is 0. The van der Waals surface area contributed by atoms with Gasteiger partial charge in [-0.05, 0) is 12.1 Å². The zero-order chi connectivity index (χ0) is 8.39. The van der Waals surface area contributed by atoms with E-state index in [-0.39, 0.29) is 12.4 Å². The largest absolute Gasteiger partial charge is 0.491 e. The van der Waals surface area contributed by atoms with Crippen LogP contribution in [0.3, 0.4) is 0 Å². The molecule has 13 heavy (non-hydrogen) atoms. The molecule has 72 valence electrons. The maximum atomic E-state index is 5.80. The second-order valence-electron chi connectivity index (χ2n) is 2.86. The van der Waals surface area contributed by atoms with Crippen LogP contribution in [0.2, 0.25) is 0 Å². The number of hydrogen-bond acceptors (Lipinski definition) is 3. The van der Waals surface area contributed by atoms with Gasteiger partial charge in [-0.25, -0.2) is 5.84 Å². The molecule has 1 aromatic rings. The Labute approximate surface area is 83.9 Å². The first-order valence-electron chi connectivity index (χ1n) is 4.12. The summed E-state index contributed by atoms with van der Waals surface area (Å²) in [6, 6.07) is 7.84. The average Bonchev–Trinajstić information content (AvgIpc) is 2.29. The van der Waals surface area contributed by atoms with E-state index in [0.29, 0.717) is 0 Å². The SMILES string of the molecule is Cl.NN1CCCOc2ccccc21. The Morgan fingerprint density at radius 2 is 2.08 bits per heavy atom. The van der Waals surface area contributed by atoms with Crippen molar-refractivity contribution in [3.63, 3.8) is 0 Å². The number of ether oxygens (including phenoxy) is 1. The lowest BCUT2D eigenvalue weighted by molar-refractivity contribution is 0.322. The van der Waals surface area contributed by atoms with Gasteiger partial charge in [0, 0.05) is 13.0 Å². The number of nitrogens with zero attached hydrogens (tertiary/aromatic N) is 1. The third-order valence-corrected chi connectivity index (χ3v) is 1.98. The zero-order valence-corrected chi connectivity index (χ0v) is 8.09. The number of benzene rings is 1. The molecule has 0 spiro atoms. The van der Waals surface area contributed by atoms with Crippen molar-refractivity contribution >= 4 is 18.1 Å². The number of anilines is 1. The highest BCUT2D eigenvalue weighted by Crippen LogP contribution is 2.27. The second kappa shape index (κ2) is 4.35. The summed E-state index contributed by atoms with van der Waals surface area (Å²) in [7, 11) is 0. The van der Waals surface area contributed by atoms with Crippen LogP contribution in [0.25, 0.3) is 0 Å². The Bertz CT molecular complexity index is 280. The van der Waals surface area contributed by atoms with Crippen molar-refractivity contribution in [3.8, 4) is 5.75 Å². The van der Waals surface area contributed by atoms with E-state index < -0.39 is 0 Å². The van der Waals surface area contributed by atoms with E-state index in [2.05, 4.69) is 0 Å². The summed E-state index contributed by atoms with van der Waals surface area (Å²) in [4.78, 5) is 0. The van der Waals surface area contributed by atoms with Crippen molar-refractivity contribution in [2.75, 3.05) is 18.2 Å². The van der Waals surface area contributed by atoms with Crippen molar-refractivity contribution in [2.24, 2.45) is 5.84 Å². The highest BCUT2D eigenvalue weighted by atomic mass is 35.5. The van der Waals surface area contributed by atoms with Gasteiger partial charge in [0.25, 0.3) is 0 Å². The van der Waals surface area contributed by atoms with E-state index in [1.54, 1.807) is 5.01 Å². The lowest BCUT2D eigenvalue weighted by Gasteiger charge is -2.16. The Morgan fingerprint density at radius 1 is 1.31 bits per heavy atom. The molecule has 0 aromatic heterocycles. The molecule has 2 rings (SSSR count). The van der Waals surface area contributed by atoms with E-state index in [9.17, 15) is 0 Å². The standard InChI is InChI=1S/C9H12N2O.ClH/c10-11-6-3-7-12-9-5-2-1-4-8(9)11;/h1-2,4-5H,3,6-7,10H2;1H. The number of nitrogens with two attached hydrogens (primary N) is 1. The van der Waals surface area contributed by atoms with Gasteiger partial charge in [-0.15, -0.1) is 12.4 Å². The van der Waals surface area contributed by atoms with Crippen LogP contribution >= 0.6 is 12.4 Å². The predicted molar refractivity (Wildman–Crippen MR) is 55.3 cm³/mol. The molecule has 0 amide bonds. The van der Waals surface area contributed by atoms with Gasteiger partial charge in [-0.1, -0.05) is 12.1 Å². The van der Waals surface area contributed by atoms with Gasteiger partial charge < -0.3 is 9.75 Å². The van der Waals surface area contributed by atoms with Gasteiger partial charge in [0.05, 0.1) is 12.3 Å². The molecule has 0 fully saturated rings. The first-order chi connectivity index (χ1) is 5.88. The number of hydrazine groups is 1. The van der Waals surface area contributed by atoms with E-state index in [0.717, 1.165) is 31.0 Å². The molecule has 0 unspecified atom stereocenters. The maximum absolute atomic E-state index is 5.80. The molecular weight excluding hydrogens is 188 g/mol. The Kier molecular flexibility index (Phi) is 3.39. The molecular formula is C9H13ClN2O. The normalized spacial score (nSPS) is 15.0. The molecule has 2 N–H and O–H groups in total. The summed E-state index contributed by atoms with van der Waals surface area (Å²) < 4.78 is 5.50. The maximum Gasteiger partial charge on any atom is 0.143 e. The van der Waals surface area contributed by atoms with Crippen LogP contribution in [-0.2, 0) is 0 Å². The fraction of sp³-hybridized carbons (Fsp3) is 0.333. The number of rotatable bonds is 0. The monoisotopic (exact) mass is 200 g/mol. The molecule has 0 bridgehead atoms. The highest BCUT2D eigenvalue weighted by Gasteiger charge is 2.11. The Balaban J connectivity index is 0.000000845. The number of para-hydroxylation sites is 2. The summed E-state index contributed by atoms with van der Waals surface area (Å²) in [5, 5.41) is 1.74. The van der Waals surface area contributed by atoms with Gasteiger partial charge >= 0.3 is 0 Å². The van der Waals surface area contributed by atoms with Crippen molar-refractivity contribution in [1.82, 2.24) is 0 Å². The van der Waals surface area contributed by atoms with E-state index in [4.69, 9.17) is 10.6 Å². The number of hydrogen-bond donors (Lipinski definition) is 1. The van der Waals surface area contributed by atoms with Crippen LogP contribution in [0, 0.1) is 0 Å². The Morgan fingerprint density at radius 3 is 2.92 bits per heavy atom. The lowest BCUT2D eigenvalue weighted by Crippen LogP contribution is -2.31. The number of fused-ring (bicyclic) bond motifs is 1. The van der Waals surface area contributed by atoms with Gasteiger partial charge in [0.2, 0.25) is 0 Å². The molecule has 4 heteroatoms. The minimum atomic E-state index is 0. The van der Waals surface area contributed by atoms with Gasteiger partial charge in [0.1, 0.15) is 5.75 Å². The second-order valence-corrected chi connectivity index (χ2v) is 2.86. The van der Waals surface area contributed by atoms with Crippen LogP contribution in [-0.4, -0.2) is 13.2 Å². The quantitative estimate of drug-likeness (QED) is 0.647. The molecule has 1 aliphatic heterocycles. The predicted octanol–water partition coefficient (Wildman–Crippen LogP) is 1.57. The van der Waals surface area contributed by atoms with Crippen LogP contribution in [0.4, 0.5) is 5.69 Å². The van der Waals surface area contributed by atoms with E-state index in [1.165, 1.54) is 0 Å². The Hall–Kier alpha value is -0.930. The summed E-state index contributed by atoms with van der Waals surface area (Å²) in [5.41, 5.74) is 0.981. The summed E-state index contributed by atoms with van der Waals surface area (Å²) in [6.07, 6.45) is 0.977. The van der Waals surface area contributed by atoms with Crippen LogP contribution in [0.5, 0.6) is 5.75 Å². The summed E-state index contributed by atoms with van der Waals surface area (Å²) >= 11 is 0. The summed E-state index contributed by atoms with van der Waals surface area (Å²) in [6.45, 7) is 1.61. The van der Waals surface area contributed by atoms with Crippen molar-refractivity contribution in [1.29, 1.82) is 0 Å². The van der Waals surface area contributed by atoms with Crippen molar-refractivity contribution < 1.29 is 4.74 Å². The molecule has 1 aliphatic rings. The van der Waals surface area contributed by atoms with Crippen molar-refractivity contribution in [2.45, 2.75) is 6.42 Å². The molecule has 0 saturated carbocycles. The molecule has 0 saturated heterocycles. The van der Waals surface area contributed by atoms with Crippen LogP contribution < -0.4 is 15.6 Å². The summed E-state index contributed by atoms with van der Waals surface area (Å²) in [5.74, 6) is 6.69. The highest BCUT2D eigenvalue weighted by molar-refractivity contribution is 5.85. The first kappa shape index (κ1) is 10.2. The van der Waals surface area contributed by atoms with Crippen molar-refractivity contribution in [3.05, 3.63) is 24.3 Å². The molecule has 0 atom stereocenters. The van der Waals surface area contributed by atoms with Gasteiger partial charge in [0.15, 0.2) is 0 Å². The first-order valence-corrected chi connectivity index (χ1v) is 4.12. The molecule has 3 nitrogen and oxygen atoms in total. The smallest absolute Gasteiger partial charge is 0.143 e. The minimum Gasteiger partial charge on any atom is -0.491 e. The third-order valence-electron chi connectivity index (χ3n) is 1.98. The average molecular weight is 201 g/mol. The molecule has 0 radical (unpaired) electrons. The fourth-order valence-corrected chi connectivity index (χ4v) is 1.35. The zero-order valence-electron chi connectivity index (χ0n) is 7.27. The lowest BCUT2D eigenvalue weighted by atomic mass is 10.3. The topological polar surface area (TPSA) is 38.5 Å². The number of halogens is 1. The van der Waals surface area contributed by atoms with Gasteiger partial charge in [-0.3, -0.25) is 0 Å². The third kappa shape index (κ3) is 2.05. The van der Waals surface area contributed by atoms with E-state index >= 15 is 0 Å². The molecule has 1 heterocycles. The van der Waals surface area contributed by atoms with Gasteiger partial charge in [-0.2, -0.15) is 0 Å². The van der Waals surface area contributed by atoms with E-state index in [1.807, 2.05) is 24.3 Å². The molecule has 1 aromatic carbocycles. The fourth-order valence-electron chi connectivity index (χ4n) is 1.35. The van der Waals surface area contributed by atoms with Crippen LogP contribution in [0.1, 0.15) is 6.42 Å².